The van der Waals surface area contributed by atoms with Gasteiger partial charge in [0.25, 0.3) is 5.91 Å². The van der Waals surface area contributed by atoms with E-state index in [1.165, 1.54) is 30.6 Å². The second-order valence-corrected chi connectivity index (χ2v) is 4.25. The first-order chi connectivity index (χ1) is 9.49. The number of phenolic OH excluding ortho intramolecular Hbond substituents is 1. The number of aromatic nitrogens is 1. The minimum atomic E-state index is -1.16. The molecule has 0 spiro atoms. The van der Waals surface area contributed by atoms with Crippen LogP contribution in [0.15, 0.2) is 36.7 Å². The predicted octanol–water partition coefficient (Wildman–Crippen LogP) is 2.39. The van der Waals surface area contributed by atoms with Crippen molar-refractivity contribution in [3.63, 3.8) is 0 Å². The molecule has 0 aliphatic heterocycles. The summed E-state index contributed by atoms with van der Waals surface area (Å²) in [5.41, 5.74) is 0.100. The van der Waals surface area contributed by atoms with Gasteiger partial charge in [-0.3, -0.25) is 9.78 Å². The Morgan fingerprint density at radius 2 is 2.00 bits per heavy atom. The molecule has 1 amide bonds. The Bertz CT molecular complexity index is 688. The topological polar surface area (TPSA) is 99.5 Å². The maximum Gasteiger partial charge on any atom is 0.335 e. The van der Waals surface area contributed by atoms with Gasteiger partial charge < -0.3 is 15.5 Å². The Labute approximate surface area is 118 Å². The third kappa shape index (κ3) is 2.86. The van der Waals surface area contributed by atoms with Crippen molar-refractivity contribution in [3.05, 3.63) is 52.8 Å². The average molecular weight is 293 g/mol. The van der Waals surface area contributed by atoms with Crippen LogP contribution in [-0.4, -0.2) is 27.1 Å². The van der Waals surface area contributed by atoms with Crippen molar-refractivity contribution in [2.45, 2.75) is 0 Å². The number of amides is 1. The van der Waals surface area contributed by atoms with Gasteiger partial charge in [0.1, 0.15) is 5.75 Å². The molecule has 3 N–H and O–H groups in total. The van der Waals surface area contributed by atoms with Crippen molar-refractivity contribution < 1.29 is 19.8 Å². The number of aromatic hydroxyl groups is 1. The fourth-order valence-corrected chi connectivity index (χ4v) is 1.72. The molecule has 0 aliphatic rings. The lowest BCUT2D eigenvalue weighted by Crippen LogP contribution is -2.13. The number of rotatable bonds is 3. The molecule has 0 radical (unpaired) electrons. The molecule has 2 rings (SSSR count). The number of aromatic carboxylic acids is 1. The zero-order valence-electron chi connectivity index (χ0n) is 10.0. The molecule has 6 nitrogen and oxygen atoms in total. The Hall–Kier alpha value is -2.60. The van der Waals surface area contributed by atoms with Gasteiger partial charge in [-0.05, 0) is 24.3 Å². The smallest absolute Gasteiger partial charge is 0.335 e. The van der Waals surface area contributed by atoms with Crippen molar-refractivity contribution in [2.24, 2.45) is 0 Å². The molecule has 1 aromatic heterocycles. The molecule has 1 heterocycles. The average Bonchev–Trinajstić information content (AvgIpc) is 2.41. The number of carboxylic acids is 1. The highest BCUT2D eigenvalue weighted by molar-refractivity contribution is 6.34. The molecule has 0 bridgehead atoms. The van der Waals surface area contributed by atoms with Crippen LogP contribution in [-0.2, 0) is 0 Å². The van der Waals surface area contributed by atoms with Crippen molar-refractivity contribution in [1.82, 2.24) is 4.98 Å². The summed E-state index contributed by atoms with van der Waals surface area (Å²) in [5.74, 6) is -1.98. The molecule has 0 aliphatic carbocycles. The highest BCUT2D eigenvalue weighted by Crippen LogP contribution is 2.25. The van der Waals surface area contributed by atoms with Crippen LogP contribution in [0.1, 0.15) is 20.7 Å². The van der Waals surface area contributed by atoms with Gasteiger partial charge in [0, 0.05) is 12.4 Å². The van der Waals surface area contributed by atoms with Crippen LogP contribution in [0, 0.1) is 0 Å². The van der Waals surface area contributed by atoms with Gasteiger partial charge in [-0.25, -0.2) is 4.79 Å². The molecule has 102 valence electrons. The summed E-state index contributed by atoms with van der Waals surface area (Å²) in [5, 5.41) is 21.1. The number of benzene rings is 1. The minimum Gasteiger partial charge on any atom is -0.506 e. The first kappa shape index (κ1) is 13.8. The number of carbonyl (C=O) groups excluding carboxylic acids is 1. The summed E-state index contributed by atoms with van der Waals surface area (Å²) in [4.78, 5) is 26.6. The molecular weight excluding hydrogens is 284 g/mol. The van der Waals surface area contributed by atoms with E-state index in [9.17, 15) is 14.7 Å². The van der Waals surface area contributed by atoms with Crippen LogP contribution in [0.5, 0.6) is 5.75 Å². The van der Waals surface area contributed by atoms with E-state index in [-0.39, 0.29) is 27.6 Å². The lowest BCUT2D eigenvalue weighted by Gasteiger charge is -2.09. The van der Waals surface area contributed by atoms with E-state index in [4.69, 9.17) is 16.7 Å². The summed E-state index contributed by atoms with van der Waals surface area (Å²) in [6, 6.07) is 4.99. The molecule has 0 saturated heterocycles. The van der Waals surface area contributed by atoms with Gasteiger partial charge in [0.15, 0.2) is 0 Å². The number of hydrogen-bond acceptors (Lipinski definition) is 4. The molecule has 0 unspecified atom stereocenters. The lowest BCUT2D eigenvalue weighted by molar-refractivity contribution is 0.0696. The number of phenols is 1. The van der Waals surface area contributed by atoms with Crippen LogP contribution >= 0.6 is 11.6 Å². The summed E-state index contributed by atoms with van der Waals surface area (Å²) in [7, 11) is 0. The second-order valence-electron chi connectivity index (χ2n) is 3.85. The van der Waals surface area contributed by atoms with Crippen molar-refractivity contribution in [3.8, 4) is 5.75 Å². The number of hydrogen-bond donors (Lipinski definition) is 3. The van der Waals surface area contributed by atoms with E-state index in [1.54, 1.807) is 0 Å². The lowest BCUT2D eigenvalue weighted by atomic mass is 10.1. The first-order valence-corrected chi connectivity index (χ1v) is 5.84. The largest absolute Gasteiger partial charge is 0.506 e. The number of carboxylic acid groups (broad SMARTS) is 1. The molecule has 2 aromatic rings. The number of nitrogens with one attached hydrogen (secondary N) is 1. The molecule has 7 heteroatoms. The fraction of sp³-hybridized carbons (Fsp3) is 0. The third-order valence-electron chi connectivity index (χ3n) is 2.51. The number of anilines is 1. The number of pyridine rings is 1. The van der Waals surface area contributed by atoms with Crippen LogP contribution in [0.2, 0.25) is 5.02 Å². The Balaban J connectivity index is 2.30. The minimum absolute atomic E-state index is 0.0113. The van der Waals surface area contributed by atoms with E-state index in [1.807, 2.05) is 0 Å². The number of carbonyl (C=O) groups is 2. The first-order valence-electron chi connectivity index (χ1n) is 5.46. The number of halogens is 1. The van der Waals surface area contributed by atoms with Gasteiger partial charge in [-0.1, -0.05) is 11.6 Å². The normalized spacial score (nSPS) is 10.1. The zero-order chi connectivity index (χ0) is 14.7. The van der Waals surface area contributed by atoms with Gasteiger partial charge in [0.2, 0.25) is 0 Å². The highest BCUT2D eigenvalue weighted by Gasteiger charge is 2.14. The standard InChI is InChI=1S/C13H9ClN2O4/c14-9-6-15-4-3-8(9)12(18)16-10-5-7(13(19)20)1-2-11(10)17/h1-6,17H,(H,16,18)(H,19,20). The van der Waals surface area contributed by atoms with Gasteiger partial charge in [0.05, 0.1) is 21.8 Å². The summed E-state index contributed by atoms with van der Waals surface area (Å²) in [6.07, 6.45) is 2.71. The van der Waals surface area contributed by atoms with Crippen molar-refractivity contribution >= 4 is 29.2 Å². The van der Waals surface area contributed by atoms with Crippen LogP contribution < -0.4 is 5.32 Å². The fourth-order valence-electron chi connectivity index (χ4n) is 1.52. The van der Waals surface area contributed by atoms with E-state index >= 15 is 0 Å². The molecule has 20 heavy (non-hydrogen) atoms. The van der Waals surface area contributed by atoms with Crippen molar-refractivity contribution in [1.29, 1.82) is 0 Å². The van der Waals surface area contributed by atoms with Crippen LogP contribution in [0.4, 0.5) is 5.69 Å². The van der Waals surface area contributed by atoms with Crippen molar-refractivity contribution in [2.75, 3.05) is 5.32 Å². The SMILES string of the molecule is O=C(O)c1ccc(O)c(NC(=O)c2ccncc2Cl)c1. The Kier molecular flexibility index (Phi) is 3.86. The van der Waals surface area contributed by atoms with Crippen LogP contribution in [0.3, 0.4) is 0 Å². The maximum atomic E-state index is 12.0. The third-order valence-corrected chi connectivity index (χ3v) is 2.81. The molecule has 0 fully saturated rings. The van der Waals surface area contributed by atoms with Gasteiger partial charge in [-0.15, -0.1) is 0 Å². The van der Waals surface area contributed by atoms with E-state index in [0.29, 0.717) is 0 Å². The monoisotopic (exact) mass is 292 g/mol. The molecular formula is C13H9ClN2O4. The summed E-state index contributed by atoms with van der Waals surface area (Å²) in [6.45, 7) is 0. The van der Waals surface area contributed by atoms with Gasteiger partial charge in [-0.2, -0.15) is 0 Å². The highest BCUT2D eigenvalue weighted by atomic mass is 35.5. The molecule has 0 saturated carbocycles. The van der Waals surface area contributed by atoms with Gasteiger partial charge >= 0.3 is 5.97 Å². The van der Waals surface area contributed by atoms with Crippen LogP contribution in [0.25, 0.3) is 0 Å². The number of nitrogens with zero attached hydrogens (tertiary/aromatic N) is 1. The summed E-state index contributed by atoms with van der Waals surface area (Å²) >= 11 is 5.83. The Morgan fingerprint density at radius 3 is 2.65 bits per heavy atom. The second kappa shape index (κ2) is 5.58. The van der Waals surface area contributed by atoms with E-state index in [2.05, 4.69) is 10.3 Å². The maximum absolute atomic E-state index is 12.0. The zero-order valence-corrected chi connectivity index (χ0v) is 10.8. The molecule has 0 atom stereocenters. The Morgan fingerprint density at radius 1 is 1.25 bits per heavy atom. The molecule has 1 aromatic carbocycles. The quantitative estimate of drug-likeness (QED) is 0.754. The summed E-state index contributed by atoms with van der Waals surface area (Å²) < 4.78 is 0. The predicted molar refractivity (Wildman–Crippen MR) is 72.3 cm³/mol. The van der Waals surface area contributed by atoms with E-state index in [0.717, 1.165) is 6.07 Å². The van der Waals surface area contributed by atoms with E-state index < -0.39 is 11.9 Å².